The number of nitrogens with two attached hydrogens (primary N) is 1. The van der Waals surface area contributed by atoms with E-state index in [1.165, 1.54) is 0 Å². The maximum Gasteiger partial charge on any atom is 0.326 e. The third-order valence-corrected chi connectivity index (χ3v) is 3.34. The normalized spacial score (nSPS) is 11.9. The number of carbonyl (C=O) groups excluding carboxylic acids is 1. The molecule has 1 atom stereocenters. The first kappa shape index (κ1) is 15.5. The number of hydrogen-bond acceptors (Lipinski definition) is 4. The van der Waals surface area contributed by atoms with Gasteiger partial charge in [0, 0.05) is 12.1 Å². The van der Waals surface area contributed by atoms with E-state index in [4.69, 9.17) is 10.8 Å². The van der Waals surface area contributed by atoms with Gasteiger partial charge in [-0.1, -0.05) is 18.2 Å². The van der Waals surface area contributed by atoms with Crippen LogP contribution in [0.2, 0.25) is 0 Å². The van der Waals surface area contributed by atoms with Gasteiger partial charge in [0.25, 0.3) is 5.91 Å². The molecular formula is C13H18N2O3S. The minimum atomic E-state index is -1.02. The molecule has 0 heterocycles. The molecule has 0 spiro atoms. The number of benzene rings is 1. The molecule has 6 heteroatoms. The molecule has 1 rings (SSSR count). The molecule has 5 nitrogen and oxygen atoms in total. The highest BCUT2D eigenvalue weighted by Crippen LogP contribution is 2.09. The van der Waals surface area contributed by atoms with Gasteiger partial charge in [0.15, 0.2) is 0 Å². The van der Waals surface area contributed by atoms with Crippen molar-refractivity contribution in [2.24, 2.45) is 5.73 Å². The van der Waals surface area contributed by atoms with Crippen LogP contribution in [-0.4, -0.2) is 35.0 Å². The molecule has 0 aliphatic rings. The molecule has 0 fully saturated rings. The lowest BCUT2D eigenvalue weighted by Crippen LogP contribution is -2.41. The van der Waals surface area contributed by atoms with Crippen LogP contribution < -0.4 is 11.1 Å². The summed E-state index contributed by atoms with van der Waals surface area (Å²) in [4.78, 5) is 23.1. The maximum atomic E-state index is 12.1. The molecule has 19 heavy (non-hydrogen) atoms. The molecule has 104 valence electrons. The number of thioether (sulfide) groups is 1. The van der Waals surface area contributed by atoms with E-state index in [1.807, 2.05) is 6.26 Å². The van der Waals surface area contributed by atoms with Crippen LogP contribution in [0, 0.1) is 0 Å². The Morgan fingerprint density at radius 3 is 2.68 bits per heavy atom. The van der Waals surface area contributed by atoms with Crippen molar-refractivity contribution in [3.05, 3.63) is 35.4 Å². The number of carbonyl (C=O) groups is 2. The van der Waals surface area contributed by atoms with Gasteiger partial charge in [0.2, 0.25) is 0 Å². The molecule has 0 aliphatic heterocycles. The molecule has 1 amide bonds. The van der Waals surface area contributed by atoms with Crippen LogP contribution in [0.15, 0.2) is 24.3 Å². The Labute approximate surface area is 116 Å². The number of aliphatic carboxylic acids is 1. The Kier molecular flexibility index (Phi) is 6.38. The minimum absolute atomic E-state index is 0.242. The minimum Gasteiger partial charge on any atom is -0.480 e. The van der Waals surface area contributed by atoms with Gasteiger partial charge in [0.05, 0.1) is 0 Å². The third kappa shape index (κ3) is 4.57. The van der Waals surface area contributed by atoms with Crippen LogP contribution in [0.3, 0.4) is 0 Å². The van der Waals surface area contributed by atoms with E-state index >= 15 is 0 Å². The second-order valence-electron chi connectivity index (χ2n) is 4.01. The van der Waals surface area contributed by atoms with Crippen LogP contribution in [-0.2, 0) is 11.3 Å². The lowest BCUT2D eigenvalue weighted by atomic mass is 10.1. The van der Waals surface area contributed by atoms with Gasteiger partial charge in [-0.05, 0) is 30.1 Å². The topological polar surface area (TPSA) is 92.4 Å². The fraction of sp³-hybridized carbons (Fsp3) is 0.385. The first-order valence-corrected chi connectivity index (χ1v) is 7.30. The Hall–Kier alpha value is -1.53. The van der Waals surface area contributed by atoms with Crippen molar-refractivity contribution in [1.29, 1.82) is 0 Å². The maximum absolute atomic E-state index is 12.1. The summed E-state index contributed by atoms with van der Waals surface area (Å²) in [5, 5.41) is 11.6. The van der Waals surface area contributed by atoms with Crippen LogP contribution in [0.4, 0.5) is 0 Å². The van der Waals surface area contributed by atoms with Crippen LogP contribution in [0.25, 0.3) is 0 Å². The van der Waals surface area contributed by atoms with Gasteiger partial charge in [-0.3, -0.25) is 4.79 Å². The Balaban J connectivity index is 2.78. The summed E-state index contributed by atoms with van der Waals surface area (Å²) in [7, 11) is 0. The van der Waals surface area contributed by atoms with Crippen molar-refractivity contribution in [3.8, 4) is 0 Å². The van der Waals surface area contributed by atoms with E-state index in [9.17, 15) is 9.59 Å². The summed E-state index contributed by atoms with van der Waals surface area (Å²) in [6.07, 6.45) is 2.29. The largest absolute Gasteiger partial charge is 0.480 e. The van der Waals surface area contributed by atoms with Crippen molar-refractivity contribution in [1.82, 2.24) is 5.32 Å². The smallest absolute Gasteiger partial charge is 0.326 e. The Bertz CT molecular complexity index is 451. The van der Waals surface area contributed by atoms with E-state index in [1.54, 1.807) is 36.0 Å². The SMILES string of the molecule is CSCCC(NC(=O)c1ccccc1CN)C(=O)O. The number of amides is 1. The van der Waals surface area contributed by atoms with Gasteiger partial charge in [0.1, 0.15) is 6.04 Å². The zero-order chi connectivity index (χ0) is 14.3. The highest BCUT2D eigenvalue weighted by molar-refractivity contribution is 7.98. The van der Waals surface area contributed by atoms with Crippen molar-refractivity contribution in [3.63, 3.8) is 0 Å². The first-order valence-electron chi connectivity index (χ1n) is 5.90. The average Bonchev–Trinajstić information content (AvgIpc) is 2.42. The lowest BCUT2D eigenvalue weighted by Gasteiger charge is -2.15. The first-order chi connectivity index (χ1) is 9.10. The van der Waals surface area contributed by atoms with E-state index in [0.29, 0.717) is 23.3 Å². The summed E-state index contributed by atoms with van der Waals surface area (Å²) in [6, 6.07) is 6.05. The van der Waals surface area contributed by atoms with Gasteiger partial charge < -0.3 is 16.2 Å². The van der Waals surface area contributed by atoms with Gasteiger partial charge in [-0.2, -0.15) is 11.8 Å². The van der Waals surface area contributed by atoms with Crippen LogP contribution >= 0.6 is 11.8 Å². The lowest BCUT2D eigenvalue weighted by molar-refractivity contribution is -0.139. The molecule has 0 bridgehead atoms. The van der Waals surface area contributed by atoms with E-state index < -0.39 is 17.9 Å². The van der Waals surface area contributed by atoms with E-state index in [-0.39, 0.29) is 6.54 Å². The van der Waals surface area contributed by atoms with Gasteiger partial charge >= 0.3 is 5.97 Å². The summed E-state index contributed by atoms with van der Waals surface area (Å²) in [5.41, 5.74) is 6.69. The predicted octanol–water partition coefficient (Wildman–Crippen LogP) is 1.08. The molecule has 1 aromatic carbocycles. The molecule has 1 aromatic rings. The van der Waals surface area contributed by atoms with Gasteiger partial charge in [-0.25, -0.2) is 4.79 Å². The standard InChI is InChI=1S/C13H18N2O3S/c1-19-7-6-11(13(17)18)15-12(16)10-5-3-2-4-9(10)8-14/h2-5,11H,6-8,14H2,1H3,(H,15,16)(H,17,18). The van der Waals surface area contributed by atoms with E-state index in [0.717, 1.165) is 0 Å². The fourth-order valence-electron chi connectivity index (χ4n) is 1.65. The summed E-state index contributed by atoms with van der Waals surface area (Å²) in [5.74, 6) is -0.738. The monoisotopic (exact) mass is 282 g/mol. The van der Waals surface area contributed by atoms with Crippen LogP contribution in [0.5, 0.6) is 0 Å². The molecule has 0 saturated carbocycles. The van der Waals surface area contributed by atoms with E-state index in [2.05, 4.69) is 5.32 Å². The Morgan fingerprint density at radius 1 is 1.42 bits per heavy atom. The second kappa shape index (κ2) is 7.81. The number of carboxylic acid groups (broad SMARTS) is 1. The molecule has 0 saturated heterocycles. The molecule has 0 aliphatic carbocycles. The third-order valence-electron chi connectivity index (χ3n) is 2.70. The second-order valence-corrected chi connectivity index (χ2v) is 4.99. The predicted molar refractivity (Wildman–Crippen MR) is 76.2 cm³/mol. The average molecular weight is 282 g/mol. The molecule has 0 radical (unpaired) electrons. The highest BCUT2D eigenvalue weighted by Gasteiger charge is 2.21. The molecule has 1 unspecified atom stereocenters. The van der Waals surface area contributed by atoms with Crippen molar-refractivity contribution >= 4 is 23.6 Å². The van der Waals surface area contributed by atoms with Crippen LogP contribution in [0.1, 0.15) is 22.3 Å². The zero-order valence-electron chi connectivity index (χ0n) is 10.8. The molecule has 4 N–H and O–H groups in total. The van der Waals surface area contributed by atoms with Crippen molar-refractivity contribution in [2.45, 2.75) is 19.0 Å². The fourth-order valence-corrected chi connectivity index (χ4v) is 2.12. The van der Waals surface area contributed by atoms with Gasteiger partial charge in [-0.15, -0.1) is 0 Å². The summed E-state index contributed by atoms with van der Waals surface area (Å²) >= 11 is 1.54. The zero-order valence-corrected chi connectivity index (χ0v) is 11.6. The summed E-state index contributed by atoms with van der Waals surface area (Å²) in [6.45, 7) is 0.242. The van der Waals surface area contributed by atoms with Crippen molar-refractivity contribution < 1.29 is 14.7 Å². The number of carboxylic acids is 1. The Morgan fingerprint density at radius 2 is 2.11 bits per heavy atom. The molecule has 0 aromatic heterocycles. The summed E-state index contributed by atoms with van der Waals surface area (Å²) < 4.78 is 0. The number of hydrogen-bond donors (Lipinski definition) is 3. The number of rotatable bonds is 7. The quantitative estimate of drug-likeness (QED) is 0.696. The highest BCUT2D eigenvalue weighted by atomic mass is 32.2. The van der Waals surface area contributed by atoms with Crippen molar-refractivity contribution in [2.75, 3.05) is 12.0 Å². The number of nitrogens with one attached hydrogen (secondary N) is 1. The molecular weight excluding hydrogens is 264 g/mol.